The molecule has 0 amide bonds. The van der Waals surface area contributed by atoms with Crippen molar-refractivity contribution in [3.05, 3.63) is 72.8 Å². The minimum Gasteiger partial charge on any atom is -0.386 e. The normalized spacial score (nSPS) is 11.7. The number of pyridine rings is 1. The minimum absolute atomic E-state index is 0. The molecule has 2 aromatic heterocycles. The predicted octanol–water partition coefficient (Wildman–Crippen LogP) is 2.52. The molecule has 1 radical (unpaired) electrons. The molecule has 0 saturated carbocycles. The quantitative estimate of drug-likeness (QED) is 0.370. The van der Waals surface area contributed by atoms with Crippen LogP contribution in [0.4, 0.5) is 14.5 Å². The average molecular weight is 543 g/mol. The zero-order valence-corrected chi connectivity index (χ0v) is 16.4. The van der Waals surface area contributed by atoms with E-state index in [9.17, 15) is 8.78 Å². The van der Waals surface area contributed by atoms with Crippen molar-refractivity contribution in [2.75, 3.05) is 7.05 Å². The summed E-state index contributed by atoms with van der Waals surface area (Å²) >= 11 is 0. The van der Waals surface area contributed by atoms with E-state index >= 15 is 0 Å². The predicted molar refractivity (Wildman–Crippen MR) is 88.9 cm³/mol. The van der Waals surface area contributed by atoms with E-state index in [0.717, 1.165) is 17.8 Å². The second-order valence-electron chi connectivity index (χ2n) is 4.99. The Kier molecular flexibility index (Phi) is 7.25. The van der Waals surface area contributed by atoms with Crippen molar-refractivity contribution >= 4 is 18.0 Å². The second kappa shape index (κ2) is 9.64. The van der Waals surface area contributed by atoms with Crippen LogP contribution in [-0.4, -0.2) is 43.6 Å². The van der Waals surface area contributed by atoms with Gasteiger partial charge in [0.15, 0.2) is 0 Å². The van der Waals surface area contributed by atoms with Gasteiger partial charge < -0.3 is 4.98 Å². The first-order valence-corrected chi connectivity index (χ1v) is 7.42. The standard InChI is InChI=1S/C10H5F2N2.C8H7N4.Ir/c11-7-2-3-8(9(12)6-7)10-13-4-1-5-14-10;1-11-6-10-12(7-11)8-3-2-4-9-5-8;/h1-2,4-6H;2,4-6H,1H3;/q-1;+1;. The van der Waals surface area contributed by atoms with Crippen LogP contribution in [0.25, 0.3) is 11.4 Å². The van der Waals surface area contributed by atoms with Crippen LogP contribution in [0.15, 0.2) is 54.2 Å². The Morgan fingerprint density at radius 3 is 2.48 bits per heavy atom. The molecule has 27 heavy (non-hydrogen) atoms. The van der Waals surface area contributed by atoms with Crippen LogP contribution in [0.2, 0.25) is 0 Å². The van der Waals surface area contributed by atoms with Gasteiger partial charge in [-0.2, -0.15) is 6.07 Å². The summed E-state index contributed by atoms with van der Waals surface area (Å²) in [5, 5.41) is 4.04. The summed E-state index contributed by atoms with van der Waals surface area (Å²) < 4.78 is 29.1. The number of hydrogen-bond donors (Lipinski definition) is 0. The van der Waals surface area contributed by atoms with Gasteiger partial charge in [-0.05, 0) is 12.3 Å². The smallest absolute Gasteiger partial charge is 0.386 e. The summed E-state index contributed by atoms with van der Waals surface area (Å²) in [6.07, 6.45) is 8.00. The van der Waals surface area contributed by atoms with E-state index in [2.05, 4.69) is 38.2 Å². The first kappa shape index (κ1) is 20.3. The van der Waals surface area contributed by atoms with Gasteiger partial charge in [0, 0.05) is 44.1 Å². The van der Waals surface area contributed by atoms with E-state index in [4.69, 9.17) is 0 Å². The van der Waals surface area contributed by atoms with Crippen LogP contribution in [0.3, 0.4) is 0 Å². The van der Waals surface area contributed by atoms with Gasteiger partial charge in [-0.1, -0.05) is 17.8 Å². The Balaban J connectivity index is 0.000000189. The van der Waals surface area contributed by atoms with Crippen molar-refractivity contribution in [3.8, 4) is 11.4 Å². The van der Waals surface area contributed by atoms with Gasteiger partial charge in [-0.3, -0.25) is 18.7 Å². The topological polar surface area (TPSA) is 57.0 Å². The van der Waals surface area contributed by atoms with Gasteiger partial charge in [0.1, 0.15) is 12.7 Å². The third-order valence-corrected chi connectivity index (χ3v) is 3.06. The number of rotatable bonds is 2. The molecule has 1 aromatic carbocycles. The zero-order chi connectivity index (χ0) is 18.4. The number of benzene rings is 1. The van der Waals surface area contributed by atoms with Crippen LogP contribution < -0.4 is 0 Å². The fraction of sp³-hybridized carbons (Fsp3) is 0.0556. The number of aromatic nitrogens is 3. The molecule has 6 nitrogen and oxygen atoms in total. The Bertz CT molecular complexity index is 1000. The van der Waals surface area contributed by atoms with E-state index in [1.807, 2.05) is 7.05 Å². The molecule has 1 aliphatic rings. The molecule has 137 valence electrons. The third kappa shape index (κ3) is 5.49. The number of hydrazone groups is 1. The zero-order valence-electron chi connectivity index (χ0n) is 14.0. The van der Waals surface area contributed by atoms with E-state index < -0.39 is 11.6 Å². The van der Waals surface area contributed by atoms with Crippen molar-refractivity contribution in [2.24, 2.45) is 5.10 Å². The molecule has 0 unspecified atom stereocenters. The maximum absolute atomic E-state index is 13.2. The molecule has 1 aliphatic heterocycles. The van der Waals surface area contributed by atoms with Crippen LogP contribution in [0.1, 0.15) is 0 Å². The van der Waals surface area contributed by atoms with Gasteiger partial charge in [0.25, 0.3) is 0 Å². The Labute approximate surface area is 167 Å². The molecule has 0 spiro atoms. The van der Waals surface area contributed by atoms with Crippen LogP contribution >= 0.6 is 0 Å². The Hall–Kier alpha value is -2.99. The Morgan fingerprint density at radius 1 is 1.11 bits per heavy atom. The van der Waals surface area contributed by atoms with Gasteiger partial charge in [0.05, 0.1) is 10.5 Å². The van der Waals surface area contributed by atoms with Crippen molar-refractivity contribution in [2.45, 2.75) is 0 Å². The molecule has 0 saturated heterocycles. The molecule has 0 N–H and O–H groups in total. The first-order chi connectivity index (χ1) is 12.6. The van der Waals surface area contributed by atoms with Gasteiger partial charge >= 0.3 is 12.3 Å². The molecule has 9 heteroatoms. The molecular formula is C18H12F2IrN6. The summed E-state index contributed by atoms with van der Waals surface area (Å²) in [4.78, 5) is 11.6. The number of halogens is 2. The average Bonchev–Trinajstić information content (AvgIpc) is 3.10. The van der Waals surface area contributed by atoms with Gasteiger partial charge in [0.2, 0.25) is 5.10 Å². The molecule has 3 heterocycles. The van der Waals surface area contributed by atoms with Crippen LogP contribution in [-0.2, 0) is 20.1 Å². The number of nitrogens with zero attached hydrogens (tertiary/aromatic N) is 6. The van der Waals surface area contributed by atoms with Crippen LogP contribution in [0, 0.1) is 23.8 Å². The number of hydrogen-bond acceptors (Lipinski definition) is 4. The van der Waals surface area contributed by atoms with Crippen molar-refractivity contribution in [1.82, 2.24) is 15.0 Å². The van der Waals surface area contributed by atoms with Crippen molar-refractivity contribution < 1.29 is 38.1 Å². The van der Waals surface area contributed by atoms with E-state index in [0.29, 0.717) is 0 Å². The molecule has 0 bridgehead atoms. The van der Waals surface area contributed by atoms with E-state index in [1.54, 1.807) is 40.1 Å². The third-order valence-electron chi connectivity index (χ3n) is 3.06. The summed E-state index contributed by atoms with van der Waals surface area (Å²) in [6, 6.07) is 13.6. The maximum Gasteiger partial charge on any atom is 0.420 e. The summed E-state index contributed by atoms with van der Waals surface area (Å²) in [6.45, 7) is 0. The second-order valence-corrected chi connectivity index (χ2v) is 4.99. The van der Waals surface area contributed by atoms with Crippen LogP contribution in [0.5, 0.6) is 0 Å². The van der Waals surface area contributed by atoms with Gasteiger partial charge in [-0.25, -0.2) is 0 Å². The summed E-state index contributed by atoms with van der Waals surface area (Å²) in [5.41, 5.74) is 0.866. The summed E-state index contributed by atoms with van der Waals surface area (Å²) in [5.74, 6) is -1.18. The van der Waals surface area contributed by atoms with Crippen molar-refractivity contribution in [3.63, 3.8) is 0 Å². The molecule has 0 fully saturated rings. The monoisotopic (exact) mass is 543 g/mol. The molecule has 3 aromatic rings. The maximum atomic E-state index is 13.2. The fourth-order valence-electron chi connectivity index (χ4n) is 1.92. The molecular weight excluding hydrogens is 530 g/mol. The van der Waals surface area contributed by atoms with Gasteiger partial charge in [-0.15, -0.1) is 22.8 Å². The van der Waals surface area contributed by atoms with E-state index in [-0.39, 0.29) is 31.5 Å². The Morgan fingerprint density at radius 2 is 1.89 bits per heavy atom. The summed E-state index contributed by atoms with van der Waals surface area (Å²) in [7, 11) is 1.86. The molecule has 4 rings (SSSR count). The molecule has 0 aliphatic carbocycles. The minimum atomic E-state index is -0.712. The SMILES string of the molecule is C[N+]1=C=[N+](c2[c-]ccnc2)N=C1.Fc1c[c-]c(-c2ncccn2)c(F)c1.[Ir]. The first-order valence-electron chi connectivity index (χ1n) is 7.42. The molecule has 0 atom stereocenters. The fourth-order valence-corrected chi connectivity index (χ4v) is 1.92. The largest absolute Gasteiger partial charge is 0.420 e. The van der Waals surface area contributed by atoms with E-state index in [1.165, 1.54) is 12.4 Å². The van der Waals surface area contributed by atoms with Crippen molar-refractivity contribution in [1.29, 1.82) is 0 Å².